The Morgan fingerprint density at radius 1 is 1.50 bits per heavy atom. The van der Waals surface area contributed by atoms with Gasteiger partial charge in [0.2, 0.25) is 0 Å². The fraction of sp³-hybridized carbons (Fsp3) is 0.500. The van der Waals surface area contributed by atoms with E-state index in [4.69, 9.17) is 5.73 Å². The van der Waals surface area contributed by atoms with E-state index in [-0.39, 0.29) is 0 Å². The van der Waals surface area contributed by atoms with Crippen LogP contribution in [0.25, 0.3) is 0 Å². The summed E-state index contributed by atoms with van der Waals surface area (Å²) < 4.78 is 0.845. The summed E-state index contributed by atoms with van der Waals surface area (Å²) in [5.41, 5.74) is 6.44. The summed E-state index contributed by atoms with van der Waals surface area (Å²) in [5.74, 6) is 0.868. The molecule has 0 spiro atoms. The second kappa shape index (κ2) is 4.52. The Hall–Kier alpha value is -0.480. The van der Waals surface area contributed by atoms with Crippen LogP contribution in [0.3, 0.4) is 0 Å². The Kier molecular flexibility index (Phi) is 3.62. The van der Waals surface area contributed by atoms with Crippen molar-refractivity contribution in [3.05, 3.63) is 22.2 Å². The predicted octanol–water partition coefficient (Wildman–Crippen LogP) is 1.30. The molecule has 0 bridgehead atoms. The minimum Gasteiger partial charge on any atom is -0.330 e. The summed E-state index contributed by atoms with van der Waals surface area (Å²) in [6.07, 6.45) is 1.67. The van der Waals surface area contributed by atoms with E-state index in [0.29, 0.717) is 6.54 Å². The first kappa shape index (κ1) is 9.61. The van der Waals surface area contributed by atoms with Gasteiger partial charge in [-0.25, -0.2) is 9.97 Å². The number of halogens is 1. The lowest BCUT2D eigenvalue weighted by Gasteiger charge is -2.01. The lowest BCUT2D eigenvalue weighted by molar-refractivity contribution is 0.848. The molecule has 0 aliphatic heterocycles. The molecule has 0 radical (unpaired) electrons. The van der Waals surface area contributed by atoms with Crippen molar-refractivity contribution in [3.8, 4) is 0 Å². The van der Waals surface area contributed by atoms with Gasteiger partial charge in [-0.1, -0.05) is 6.92 Å². The molecule has 1 heterocycles. The third-order valence-corrected chi connectivity index (χ3v) is 1.92. The van der Waals surface area contributed by atoms with Crippen molar-refractivity contribution < 1.29 is 0 Å². The van der Waals surface area contributed by atoms with Crippen LogP contribution in [0.2, 0.25) is 0 Å². The maximum absolute atomic E-state index is 5.43. The van der Waals surface area contributed by atoms with Crippen LogP contribution in [-0.2, 0) is 12.8 Å². The molecule has 0 saturated carbocycles. The summed E-state index contributed by atoms with van der Waals surface area (Å²) in [6.45, 7) is 2.67. The Bertz CT molecular complexity index is 262. The fourth-order valence-electron chi connectivity index (χ4n) is 0.950. The van der Waals surface area contributed by atoms with Crippen molar-refractivity contribution in [3.63, 3.8) is 0 Å². The lowest BCUT2D eigenvalue weighted by Crippen LogP contribution is -2.06. The van der Waals surface area contributed by atoms with Crippen molar-refractivity contribution in [2.24, 2.45) is 5.73 Å². The maximum Gasteiger partial charge on any atom is 0.129 e. The molecule has 4 heteroatoms. The summed E-state index contributed by atoms with van der Waals surface area (Å²) in [7, 11) is 0. The Labute approximate surface area is 80.5 Å². The van der Waals surface area contributed by atoms with Gasteiger partial charge in [-0.2, -0.15) is 0 Å². The second-order valence-corrected chi connectivity index (χ2v) is 3.30. The van der Waals surface area contributed by atoms with E-state index in [1.165, 1.54) is 0 Å². The molecule has 1 rings (SSSR count). The lowest BCUT2D eigenvalue weighted by atomic mass is 10.3. The smallest absolute Gasteiger partial charge is 0.129 e. The molecule has 66 valence electrons. The summed E-state index contributed by atoms with van der Waals surface area (Å²) >= 11 is 3.33. The van der Waals surface area contributed by atoms with E-state index in [2.05, 4.69) is 25.9 Å². The van der Waals surface area contributed by atoms with E-state index in [0.717, 1.165) is 29.0 Å². The number of aromatic nitrogens is 2. The van der Waals surface area contributed by atoms with Crippen LogP contribution < -0.4 is 5.73 Å². The average Bonchev–Trinajstić information content (AvgIpc) is 2.04. The number of nitrogens with zero attached hydrogens (tertiary/aromatic N) is 2. The molecule has 1 aromatic rings. The molecule has 3 nitrogen and oxygen atoms in total. The number of rotatable bonds is 3. The van der Waals surface area contributed by atoms with Gasteiger partial charge >= 0.3 is 0 Å². The normalized spacial score (nSPS) is 10.2. The minimum atomic E-state index is 0.632. The maximum atomic E-state index is 5.43. The first-order valence-electron chi connectivity index (χ1n) is 3.98. The molecule has 0 aromatic carbocycles. The summed E-state index contributed by atoms with van der Waals surface area (Å²) in [5, 5.41) is 0. The van der Waals surface area contributed by atoms with Crippen molar-refractivity contribution >= 4 is 15.9 Å². The van der Waals surface area contributed by atoms with E-state index in [1.807, 2.05) is 13.0 Å². The van der Waals surface area contributed by atoms with E-state index in [1.54, 1.807) is 0 Å². The zero-order valence-electron chi connectivity index (χ0n) is 7.05. The zero-order valence-corrected chi connectivity index (χ0v) is 8.63. The van der Waals surface area contributed by atoms with Crippen LogP contribution in [-0.4, -0.2) is 16.5 Å². The molecule has 0 amide bonds. The first-order valence-corrected chi connectivity index (χ1v) is 4.78. The largest absolute Gasteiger partial charge is 0.330 e. The van der Waals surface area contributed by atoms with Crippen LogP contribution in [0, 0.1) is 0 Å². The molecule has 0 atom stereocenters. The van der Waals surface area contributed by atoms with Crippen molar-refractivity contribution in [2.75, 3.05) is 6.54 Å². The van der Waals surface area contributed by atoms with E-state index in [9.17, 15) is 0 Å². The first-order chi connectivity index (χ1) is 5.76. The molecule has 1 aromatic heterocycles. The van der Waals surface area contributed by atoms with Crippen LogP contribution >= 0.6 is 15.9 Å². The number of nitrogens with two attached hydrogens (primary N) is 1. The van der Waals surface area contributed by atoms with Gasteiger partial charge < -0.3 is 5.73 Å². The van der Waals surface area contributed by atoms with Crippen molar-refractivity contribution in [1.29, 1.82) is 0 Å². The molecular weight excluding hydrogens is 218 g/mol. The second-order valence-electron chi connectivity index (χ2n) is 2.49. The Balaban J connectivity index is 2.90. The molecule has 0 aliphatic rings. The molecule has 0 fully saturated rings. The minimum absolute atomic E-state index is 0.632. The van der Waals surface area contributed by atoms with Gasteiger partial charge in [-0.3, -0.25) is 0 Å². The highest BCUT2D eigenvalue weighted by atomic mass is 79.9. The number of hydrogen-bond acceptors (Lipinski definition) is 3. The predicted molar refractivity (Wildman–Crippen MR) is 51.9 cm³/mol. The standard InChI is InChI=1S/C8H12BrN3/c1-2-8-11-6(3-4-10)5-7(9)12-8/h5H,2-4,10H2,1H3. The summed E-state index contributed by atoms with van der Waals surface area (Å²) in [4.78, 5) is 8.52. The van der Waals surface area contributed by atoms with Crippen LogP contribution in [0.4, 0.5) is 0 Å². The van der Waals surface area contributed by atoms with Crippen LogP contribution in [0.15, 0.2) is 10.7 Å². The average molecular weight is 230 g/mol. The molecule has 0 aliphatic carbocycles. The monoisotopic (exact) mass is 229 g/mol. The van der Waals surface area contributed by atoms with Gasteiger partial charge in [0.1, 0.15) is 10.4 Å². The molecular formula is C8H12BrN3. The zero-order chi connectivity index (χ0) is 8.97. The van der Waals surface area contributed by atoms with Gasteiger partial charge in [-0.05, 0) is 28.5 Å². The van der Waals surface area contributed by atoms with E-state index < -0.39 is 0 Å². The van der Waals surface area contributed by atoms with Crippen LogP contribution in [0.5, 0.6) is 0 Å². The van der Waals surface area contributed by atoms with Gasteiger partial charge in [-0.15, -0.1) is 0 Å². The van der Waals surface area contributed by atoms with Gasteiger partial charge in [0.25, 0.3) is 0 Å². The van der Waals surface area contributed by atoms with Gasteiger partial charge in [0.05, 0.1) is 0 Å². The van der Waals surface area contributed by atoms with Gasteiger partial charge in [0, 0.05) is 18.5 Å². The molecule has 0 saturated heterocycles. The van der Waals surface area contributed by atoms with Crippen molar-refractivity contribution in [1.82, 2.24) is 9.97 Å². The molecule has 12 heavy (non-hydrogen) atoms. The van der Waals surface area contributed by atoms with Crippen LogP contribution in [0.1, 0.15) is 18.4 Å². The third kappa shape index (κ3) is 2.53. The van der Waals surface area contributed by atoms with Gasteiger partial charge in [0.15, 0.2) is 0 Å². The highest BCUT2D eigenvalue weighted by Crippen LogP contribution is 2.08. The Morgan fingerprint density at radius 2 is 2.25 bits per heavy atom. The fourth-order valence-corrected chi connectivity index (χ4v) is 1.42. The summed E-state index contributed by atoms with van der Waals surface area (Å²) in [6, 6.07) is 1.91. The number of hydrogen-bond donors (Lipinski definition) is 1. The highest BCUT2D eigenvalue weighted by molar-refractivity contribution is 9.10. The van der Waals surface area contributed by atoms with E-state index >= 15 is 0 Å². The number of aryl methyl sites for hydroxylation is 1. The third-order valence-electron chi connectivity index (χ3n) is 1.51. The SMILES string of the molecule is CCc1nc(Br)cc(CCN)n1. The topological polar surface area (TPSA) is 51.8 Å². The molecule has 0 unspecified atom stereocenters. The Morgan fingerprint density at radius 3 is 2.83 bits per heavy atom. The highest BCUT2D eigenvalue weighted by Gasteiger charge is 1.99. The quantitative estimate of drug-likeness (QED) is 0.796. The molecule has 2 N–H and O–H groups in total. The van der Waals surface area contributed by atoms with Crippen molar-refractivity contribution in [2.45, 2.75) is 19.8 Å².